The van der Waals surface area contributed by atoms with E-state index in [1.807, 2.05) is 6.07 Å². The van der Waals surface area contributed by atoms with E-state index in [9.17, 15) is 4.79 Å². The molecule has 2 fully saturated rings. The summed E-state index contributed by atoms with van der Waals surface area (Å²) in [6.45, 7) is 0.927. The number of anilines is 2. The Hall–Kier alpha value is -1.51. The molecule has 3 atom stereocenters. The summed E-state index contributed by atoms with van der Waals surface area (Å²) in [6.07, 6.45) is 8.13. The number of carbonyl (C=O) groups is 1. The molecule has 1 aromatic carbocycles. The lowest BCUT2D eigenvalue weighted by Gasteiger charge is -2.30. The first kappa shape index (κ1) is 13.2. The van der Waals surface area contributed by atoms with Gasteiger partial charge in [0.15, 0.2) is 0 Å². The van der Waals surface area contributed by atoms with Crippen LogP contribution in [0.2, 0.25) is 0 Å². The molecule has 2 N–H and O–H groups in total. The predicted octanol–water partition coefficient (Wildman–Crippen LogP) is 3.37. The number of nitrogens with two attached hydrogens (primary N) is 1. The molecule has 3 aliphatic rings. The van der Waals surface area contributed by atoms with Crippen LogP contribution in [0.3, 0.4) is 0 Å². The Morgan fingerprint density at radius 3 is 2.86 bits per heavy atom. The van der Waals surface area contributed by atoms with Crippen molar-refractivity contribution in [1.82, 2.24) is 0 Å². The van der Waals surface area contributed by atoms with E-state index < -0.39 is 0 Å². The summed E-state index contributed by atoms with van der Waals surface area (Å²) in [4.78, 5) is 14.6. The molecule has 0 saturated heterocycles. The number of fused-ring (bicyclic) bond motifs is 3. The molecule has 1 amide bonds. The van der Waals surface area contributed by atoms with Gasteiger partial charge >= 0.3 is 0 Å². The largest absolute Gasteiger partial charge is 0.399 e. The van der Waals surface area contributed by atoms with Gasteiger partial charge in [-0.2, -0.15) is 0 Å². The average molecular weight is 284 g/mol. The summed E-state index contributed by atoms with van der Waals surface area (Å²) >= 11 is 0. The summed E-state index contributed by atoms with van der Waals surface area (Å²) in [7, 11) is 0. The predicted molar refractivity (Wildman–Crippen MR) is 85.1 cm³/mol. The second kappa shape index (κ2) is 5.04. The first-order chi connectivity index (χ1) is 10.2. The molecule has 21 heavy (non-hydrogen) atoms. The average Bonchev–Trinajstić information content (AvgIpc) is 3.04. The Bertz CT molecular complexity index is 568. The van der Waals surface area contributed by atoms with Crippen molar-refractivity contribution in [2.24, 2.45) is 17.8 Å². The highest BCUT2D eigenvalue weighted by molar-refractivity contribution is 5.95. The van der Waals surface area contributed by atoms with Gasteiger partial charge in [-0.05, 0) is 73.6 Å². The number of aryl methyl sites for hydroxylation is 1. The molecular formula is C18H24N2O. The number of benzene rings is 1. The molecule has 1 aliphatic heterocycles. The van der Waals surface area contributed by atoms with E-state index in [0.29, 0.717) is 12.3 Å². The third kappa shape index (κ3) is 2.33. The second-order valence-corrected chi connectivity index (χ2v) is 7.18. The third-order valence-corrected chi connectivity index (χ3v) is 5.83. The minimum Gasteiger partial charge on any atom is -0.399 e. The van der Waals surface area contributed by atoms with Crippen LogP contribution in [-0.2, 0) is 11.2 Å². The molecule has 3 nitrogen and oxygen atoms in total. The maximum Gasteiger partial charge on any atom is 0.227 e. The van der Waals surface area contributed by atoms with Gasteiger partial charge in [0.05, 0.1) is 0 Å². The van der Waals surface area contributed by atoms with Crippen LogP contribution in [0, 0.1) is 17.8 Å². The summed E-state index contributed by atoms with van der Waals surface area (Å²) in [5, 5.41) is 0. The number of hydrogen-bond donors (Lipinski definition) is 1. The first-order valence-corrected chi connectivity index (χ1v) is 8.39. The van der Waals surface area contributed by atoms with Gasteiger partial charge in [-0.15, -0.1) is 0 Å². The summed E-state index contributed by atoms with van der Waals surface area (Å²) in [5.74, 6) is 2.83. The normalized spacial score (nSPS) is 31.3. The zero-order valence-electron chi connectivity index (χ0n) is 12.6. The van der Waals surface area contributed by atoms with E-state index in [1.165, 1.54) is 31.2 Å². The Kier molecular flexibility index (Phi) is 3.16. The molecule has 0 aromatic heterocycles. The molecule has 0 radical (unpaired) electrons. The molecule has 2 saturated carbocycles. The van der Waals surface area contributed by atoms with Crippen LogP contribution in [0.15, 0.2) is 18.2 Å². The summed E-state index contributed by atoms with van der Waals surface area (Å²) in [5.41, 5.74) is 9.10. The van der Waals surface area contributed by atoms with Gasteiger partial charge in [0, 0.05) is 24.3 Å². The van der Waals surface area contributed by atoms with Gasteiger partial charge in [0.2, 0.25) is 5.91 Å². The molecule has 0 spiro atoms. The smallest absolute Gasteiger partial charge is 0.227 e. The van der Waals surface area contributed by atoms with Crippen molar-refractivity contribution in [2.45, 2.75) is 44.9 Å². The van der Waals surface area contributed by atoms with Gasteiger partial charge in [0.25, 0.3) is 0 Å². The number of rotatable bonds is 2. The minimum absolute atomic E-state index is 0.307. The van der Waals surface area contributed by atoms with Crippen LogP contribution in [0.5, 0.6) is 0 Å². The number of nitrogen functional groups attached to an aromatic ring is 1. The third-order valence-electron chi connectivity index (χ3n) is 5.83. The van der Waals surface area contributed by atoms with E-state index >= 15 is 0 Å². The molecule has 3 unspecified atom stereocenters. The van der Waals surface area contributed by atoms with Crippen molar-refractivity contribution >= 4 is 17.3 Å². The topological polar surface area (TPSA) is 46.3 Å². The molecule has 4 rings (SSSR count). The van der Waals surface area contributed by atoms with E-state index in [0.717, 1.165) is 48.5 Å². The lowest BCUT2D eigenvalue weighted by molar-refractivity contribution is -0.118. The van der Waals surface area contributed by atoms with Crippen molar-refractivity contribution in [1.29, 1.82) is 0 Å². The van der Waals surface area contributed by atoms with Crippen LogP contribution in [-0.4, -0.2) is 12.5 Å². The summed E-state index contributed by atoms with van der Waals surface area (Å²) in [6, 6.07) is 6.05. The lowest BCUT2D eigenvalue weighted by atomic mass is 9.88. The highest BCUT2D eigenvalue weighted by Gasteiger charge is 2.41. The second-order valence-electron chi connectivity index (χ2n) is 7.18. The van der Waals surface area contributed by atoms with Gasteiger partial charge in [-0.25, -0.2) is 0 Å². The Morgan fingerprint density at radius 1 is 1.19 bits per heavy atom. The van der Waals surface area contributed by atoms with Crippen LogP contribution < -0.4 is 10.6 Å². The maximum atomic E-state index is 12.6. The van der Waals surface area contributed by atoms with Crippen LogP contribution in [0.25, 0.3) is 0 Å². The highest BCUT2D eigenvalue weighted by atomic mass is 16.2. The number of hydrogen-bond acceptors (Lipinski definition) is 2. The van der Waals surface area contributed by atoms with Crippen molar-refractivity contribution < 1.29 is 4.79 Å². The summed E-state index contributed by atoms with van der Waals surface area (Å²) < 4.78 is 0. The van der Waals surface area contributed by atoms with Gasteiger partial charge in [-0.1, -0.05) is 6.42 Å². The highest BCUT2D eigenvalue weighted by Crippen LogP contribution is 2.49. The SMILES string of the molecule is Nc1ccc2c(c1)CCCC(=O)N2CC1CC2CCC1C2. The van der Waals surface area contributed by atoms with Gasteiger partial charge in [0.1, 0.15) is 0 Å². The van der Waals surface area contributed by atoms with Crippen molar-refractivity contribution in [3.8, 4) is 0 Å². The van der Waals surface area contributed by atoms with Crippen molar-refractivity contribution in [3.63, 3.8) is 0 Å². The zero-order chi connectivity index (χ0) is 14.4. The van der Waals surface area contributed by atoms with E-state index in [1.54, 1.807) is 0 Å². The number of amides is 1. The van der Waals surface area contributed by atoms with Crippen LogP contribution in [0.4, 0.5) is 11.4 Å². The van der Waals surface area contributed by atoms with Crippen molar-refractivity contribution in [2.75, 3.05) is 17.2 Å². The molecule has 2 bridgehead atoms. The van der Waals surface area contributed by atoms with E-state index in [2.05, 4.69) is 17.0 Å². The van der Waals surface area contributed by atoms with Crippen molar-refractivity contribution in [3.05, 3.63) is 23.8 Å². The fourth-order valence-corrected chi connectivity index (χ4v) is 4.80. The molecule has 1 heterocycles. The lowest BCUT2D eigenvalue weighted by Crippen LogP contribution is -2.36. The fourth-order valence-electron chi connectivity index (χ4n) is 4.80. The molecule has 112 valence electrons. The quantitative estimate of drug-likeness (QED) is 0.846. The Balaban J connectivity index is 1.62. The molecule has 3 heteroatoms. The maximum absolute atomic E-state index is 12.6. The fraction of sp³-hybridized carbons (Fsp3) is 0.611. The minimum atomic E-state index is 0.307. The molecule has 1 aromatic rings. The molecule has 2 aliphatic carbocycles. The van der Waals surface area contributed by atoms with Gasteiger partial charge < -0.3 is 10.6 Å². The first-order valence-electron chi connectivity index (χ1n) is 8.39. The zero-order valence-corrected chi connectivity index (χ0v) is 12.6. The monoisotopic (exact) mass is 284 g/mol. The van der Waals surface area contributed by atoms with Crippen LogP contribution >= 0.6 is 0 Å². The van der Waals surface area contributed by atoms with Gasteiger partial charge in [-0.3, -0.25) is 4.79 Å². The Morgan fingerprint density at radius 2 is 2.10 bits per heavy atom. The van der Waals surface area contributed by atoms with Crippen LogP contribution in [0.1, 0.15) is 44.1 Å². The van der Waals surface area contributed by atoms with E-state index in [-0.39, 0.29) is 0 Å². The Labute approximate surface area is 126 Å². The van der Waals surface area contributed by atoms with E-state index in [4.69, 9.17) is 5.73 Å². The number of nitrogens with zero attached hydrogens (tertiary/aromatic N) is 1. The number of carbonyl (C=O) groups excluding carboxylic acids is 1. The standard InChI is InChI=1S/C18H24N2O/c19-16-6-7-17-14(10-16)2-1-3-18(21)20(17)11-15-9-12-4-5-13(15)8-12/h6-7,10,12-13,15H,1-5,8-9,11,19H2. The molecular weight excluding hydrogens is 260 g/mol.